The first-order chi connectivity index (χ1) is 7.38. The first-order valence-corrected chi connectivity index (χ1v) is 6.85. The van der Waals surface area contributed by atoms with Crippen LogP contribution in [0.1, 0.15) is 12.8 Å². The second kappa shape index (κ2) is 5.63. The second-order valence-electron chi connectivity index (χ2n) is 3.50. The van der Waals surface area contributed by atoms with Crippen molar-refractivity contribution in [1.82, 2.24) is 9.29 Å². The summed E-state index contributed by atoms with van der Waals surface area (Å²) < 4.78 is 8.01. The Morgan fingerprint density at radius 1 is 1.40 bits per heavy atom. The Morgan fingerprint density at radius 3 is 2.80 bits per heavy atom. The molecule has 0 atom stereocenters. The van der Waals surface area contributed by atoms with E-state index in [1.54, 1.807) is 6.20 Å². The van der Waals surface area contributed by atoms with Crippen LogP contribution < -0.4 is 4.74 Å². The van der Waals surface area contributed by atoms with Gasteiger partial charge >= 0.3 is 0 Å². The lowest BCUT2D eigenvalue weighted by Gasteiger charge is -2.29. The molecule has 3 nitrogen and oxygen atoms in total. The van der Waals surface area contributed by atoms with Gasteiger partial charge in [-0.2, -0.15) is 0 Å². The Bertz CT molecular complexity index is 289. The summed E-state index contributed by atoms with van der Waals surface area (Å²) in [5.41, 5.74) is 0. The number of hydrogen-bond donors (Lipinski definition) is 1. The highest BCUT2D eigenvalue weighted by molar-refractivity contribution is 8.67. The molecule has 0 saturated carbocycles. The zero-order valence-corrected chi connectivity index (χ0v) is 10.1. The van der Waals surface area contributed by atoms with Crippen LogP contribution in [0, 0.1) is 0 Å². The van der Waals surface area contributed by atoms with Crippen molar-refractivity contribution in [3.63, 3.8) is 0 Å². The maximum absolute atomic E-state index is 5.78. The molecule has 0 spiro atoms. The minimum atomic E-state index is 0.302. The Balaban J connectivity index is 1.82. The predicted octanol–water partition coefficient (Wildman–Crippen LogP) is 2.42. The van der Waals surface area contributed by atoms with Crippen molar-refractivity contribution in [3.8, 4) is 5.88 Å². The van der Waals surface area contributed by atoms with Crippen LogP contribution in [0.4, 0.5) is 0 Å². The molecule has 1 aliphatic rings. The summed E-state index contributed by atoms with van der Waals surface area (Å²) in [5, 5.41) is 0. The Labute approximate surface area is 99.2 Å². The zero-order chi connectivity index (χ0) is 10.5. The molecule has 0 radical (unpaired) electrons. The van der Waals surface area contributed by atoms with Gasteiger partial charge in [-0.25, -0.2) is 9.29 Å². The molecule has 1 aromatic heterocycles. The summed E-state index contributed by atoms with van der Waals surface area (Å²) in [4.78, 5) is 4.16. The maximum Gasteiger partial charge on any atom is 0.213 e. The molecule has 0 N–H and O–H groups in total. The summed E-state index contributed by atoms with van der Waals surface area (Å²) in [6.07, 6.45) is 4.15. The van der Waals surface area contributed by atoms with E-state index in [-0.39, 0.29) is 0 Å². The van der Waals surface area contributed by atoms with E-state index in [0.717, 1.165) is 31.8 Å². The molecule has 0 unspecified atom stereocenters. The van der Waals surface area contributed by atoms with Gasteiger partial charge in [-0.05, 0) is 29.9 Å². The van der Waals surface area contributed by atoms with Gasteiger partial charge in [0, 0.05) is 25.4 Å². The number of ether oxygens (including phenoxy) is 1. The van der Waals surface area contributed by atoms with Gasteiger partial charge in [-0.1, -0.05) is 17.7 Å². The third-order valence-electron chi connectivity index (χ3n) is 2.44. The molecular weight excluding hydrogens is 228 g/mol. The Kier molecular flexibility index (Phi) is 4.17. The van der Waals surface area contributed by atoms with Gasteiger partial charge in [-0.3, -0.25) is 0 Å². The smallest absolute Gasteiger partial charge is 0.213 e. The van der Waals surface area contributed by atoms with Crippen molar-refractivity contribution >= 4 is 22.6 Å². The standard InChI is InChI=1S/C10H14N2OS2/c14-15-12-7-4-9(5-8-12)13-10-3-1-2-6-11-10/h1-3,6,9,14H,4-5,7-8H2. The van der Waals surface area contributed by atoms with Crippen molar-refractivity contribution < 1.29 is 4.74 Å². The van der Waals surface area contributed by atoms with E-state index in [1.807, 2.05) is 18.2 Å². The van der Waals surface area contributed by atoms with E-state index in [2.05, 4.69) is 20.9 Å². The number of pyridine rings is 1. The number of rotatable bonds is 3. The van der Waals surface area contributed by atoms with Gasteiger partial charge in [-0.15, -0.1) is 0 Å². The molecule has 1 fully saturated rings. The molecule has 1 aromatic rings. The van der Waals surface area contributed by atoms with Crippen LogP contribution in [0.25, 0.3) is 0 Å². The van der Waals surface area contributed by atoms with Gasteiger partial charge in [0.2, 0.25) is 5.88 Å². The van der Waals surface area contributed by atoms with E-state index in [1.165, 1.54) is 11.0 Å². The van der Waals surface area contributed by atoms with Gasteiger partial charge in [0.05, 0.1) is 0 Å². The van der Waals surface area contributed by atoms with Gasteiger partial charge in [0.15, 0.2) is 0 Å². The maximum atomic E-state index is 5.78. The van der Waals surface area contributed by atoms with Gasteiger partial charge < -0.3 is 4.74 Å². The van der Waals surface area contributed by atoms with Crippen molar-refractivity contribution in [2.75, 3.05) is 13.1 Å². The van der Waals surface area contributed by atoms with Crippen LogP contribution in [-0.4, -0.2) is 28.5 Å². The second-order valence-corrected chi connectivity index (χ2v) is 4.67. The van der Waals surface area contributed by atoms with Crippen LogP contribution in [0.5, 0.6) is 5.88 Å². The summed E-state index contributed by atoms with van der Waals surface area (Å²) in [7, 11) is 1.51. The van der Waals surface area contributed by atoms with E-state index < -0.39 is 0 Å². The number of piperidine rings is 1. The van der Waals surface area contributed by atoms with E-state index in [9.17, 15) is 0 Å². The van der Waals surface area contributed by atoms with Crippen molar-refractivity contribution in [3.05, 3.63) is 24.4 Å². The third kappa shape index (κ3) is 3.29. The summed E-state index contributed by atoms with van der Waals surface area (Å²) in [6, 6.07) is 5.74. The SMILES string of the molecule is SSN1CCC(Oc2ccccn2)CC1. The Hall–Kier alpha value is -0.390. The number of hydrogen-bond acceptors (Lipinski definition) is 5. The molecule has 2 rings (SSSR count). The van der Waals surface area contributed by atoms with Crippen molar-refractivity contribution in [1.29, 1.82) is 0 Å². The van der Waals surface area contributed by atoms with Crippen molar-refractivity contribution in [2.45, 2.75) is 18.9 Å². The highest BCUT2D eigenvalue weighted by atomic mass is 33.1. The van der Waals surface area contributed by atoms with Crippen LogP contribution >= 0.6 is 22.6 Å². The van der Waals surface area contributed by atoms with Crippen LogP contribution in [-0.2, 0) is 0 Å². The lowest BCUT2D eigenvalue weighted by atomic mass is 10.1. The topological polar surface area (TPSA) is 25.4 Å². The largest absolute Gasteiger partial charge is 0.474 e. The summed E-state index contributed by atoms with van der Waals surface area (Å²) in [6.45, 7) is 2.07. The minimum Gasteiger partial charge on any atom is -0.474 e. The molecule has 0 aliphatic carbocycles. The third-order valence-corrected chi connectivity index (χ3v) is 3.73. The summed E-state index contributed by atoms with van der Waals surface area (Å²) in [5.74, 6) is 0.731. The fourth-order valence-corrected chi connectivity index (χ4v) is 2.48. The quantitative estimate of drug-likeness (QED) is 0.500. The summed E-state index contributed by atoms with van der Waals surface area (Å²) >= 11 is 4.18. The fraction of sp³-hybridized carbons (Fsp3) is 0.500. The van der Waals surface area contributed by atoms with Crippen LogP contribution in [0.2, 0.25) is 0 Å². The monoisotopic (exact) mass is 242 g/mol. The minimum absolute atomic E-state index is 0.302. The molecule has 1 aliphatic heterocycles. The lowest BCUT2D eigenvalue weighted by molar-refractivity contribution is 0.134. The zero-order valence-electron chi connectivity index (χ0n) is 8.37. The number of aromatic nitrogens is 1. The molecule has 82 valence electrons. The van der Waals surface area contributed by atoms with Crippen LogP contribution in [0.15, 0.2) is 24.4 Å². The average Bonchev–Trinajstić information content (AvgIpc) is 2.31. The van der Waals surface area contributed by atoms with Crippen LogP contribution in [0.3, 0.4) is 0 Å². The molecule has 0 aromatic carbocycles. The van der Waals surface area contributed by atoms with Crippen molar-refractivity contribution in [2.24, 2.45) is 0 Å². The fourth-order valence-electron chi connectivity index (χ4n) is 1.62. The highest BCUT2D eigenvalue weighted by Crippen LogP contribution is 2.23. The first kappa shape index (κ1) is 11.1. The molecule has 0 bridgehead atoms. The van der Waals surface area contributed by atoms with Gasteiger partial charge in [0.1, 0.15) is 6.10 Å². The normalized spacial score (nSPS) is 19.0. The number of nitrogens with zero attached hydrogens (tertiary/aromatic N) is 2. The van der Waals surface area contributed by atoms with E-state index >= 15 is 0 Å². The molecule has 5 heteroatoms. The molecule has 0 amide bonds. The lowest BCUT2D eigenvalue weighted by Crippen LogP contribution is -2.33. The molecular formula is C10H14N2OS2. The highest BCUT2D eigenvalue weighted by Gasteiger charge is 2.20. The van der Waals surface area contributed by atoms with E-state index in [4.69, 9.17) is 4.74 Å². The average molecular weight is 242 g/mol. The first-order valence-electron chi connectivity index (χ1n) is 5.02. The molecule has 2 heterocycles. The van der Waals surface area contributed by atoms with E-state index in [0.29, 0.717) is 6.10 Å². The molecule has 1 saturated heterocycles. The Morgan fingerprint density at radius 2 is 2.20 bits per heavy atom. The molecule has 15 heavy (non-hydrogen) atoms. The number of thiol groups is 1. The van der Waals surface area contributed by atoms with Gasteiger partial charge in [0.25, 0.3) is 0 Å². The predicted molar refractivity (Wildman–Crippen MR) is 66.0 cm³/mol.